The maximum absolute atomic E-state index is 12.7. The van der Waals surface area contributed by atoms with Crippen molar-refractivity contribution in [3.8, 4) is 0 Å². The predicted molar refractivity (Wildman–Crippen MR) is 105 cm³/mol. The van der Waals surface area contributed by atoms with Crippen LogP contribution in [0.3, 0.4) is 0 Å². The molecule has 3 unspecified atom stereocenters. The number of carbonyl (C=O) groups is 1. The van der Waals surface area contributed by atoms with E-state index in [-0.39, 0.29) is 11.9 Å². The van der Waals surface area contributed by atoms with Crippen molar-refractivity contribution in [3.63, 3.8) is 0 Å². The summed E-state index contributed by atoms with van der Waals surface area (Å²) in [5.74, 6) is 0.816. The van der Waals surface area contributed by atoms with Gasteiger partial charge in [0.2, 0.25) is 5.91 Å². The molecule has 25 heavy (non-hydrogen) atoms. The van der Waals surface area contributed by atoms with E-state index in [1.165, 1.54) is 24.1 Å². The Labute approximate surface area is 160 Å². The summed E-state index contributed by atoms with van der Waals surface area (Å²) in [5, 5.41) is 3.31. The number of rotatable bonds is 5. The lowest BCUT2D eigenvalue weighted by molar-refractivity contribution is -0.127. The molecule has 1 saturated heterocycles. The summed E-state index contributed by atoms with van der Waals surface area (Å²) in [6, 6.07) is 4.41. The second kappa shape index (κ2) is 8.85. The highest BCUT2D eigenvalue weighted by atomic mass is 35.5. The van der Waals surface area contributed by atoms with Crippen LogP contribution in [0, 0.1) is 5.92 Å². The van der Waals surface area contributed by atoms with Crippen LogP contribution in [-0.2, 0) is 11.3 Å². The van der Waals surface area contributed by atoms with Crippen LogP contribution < -0.4 is 5.32 Å². The summed E-state index contributed by atoms with van der Waals surface area (Å²) in [5.41, 5.74) is 0. The van der Waals surface area contributed by atoms with Crippen LogP contribution in [-0.4, -0.2) is 54.0 Å². The average Bonchev–Trinajstić information content (AvgIpc) is 3.02. The molecule has 140 valence electrons. The smallest absolute Gasteiger partial charge is 0.237 e. The molecule has 0 spiro atoms. The Bertz CT molecular complexity index is 571. The van der Waals surface area contributed by atoms with Gasteiger partial charge in [0.15, 0.2) is 0 Å². The van der Waals surface area contributed by atoms with Crippen molar-refractivity contribution in [1.29, 1.82) is 0 Å². The Morgan fingerprint density at radius 1 is 1.28 bits per heavy atom. The summed E-state index contributed by atoms with van der Waals surface area (Å²) >= 11 is 7.67. The maximum atomic E-state index is 12.7. The van der Waals surface area contributed by atoms with Gasteiger partial charge in [-0.1, -0.05) is 31.4 Å². The second-order valence-corrected chi connectivity index (χ2v) is 9.37. The quantitative estimate of drug-likeness (QED) is 0.843. The molecule has 3 atom stereocenters. The van der Waals surface area contributed by atoms with Crippen molar-refractivity contribution in [2.24, 2.45) is 5.92 Å². The van der Waals surface area contributed by atoms with E-state index >= 15 is 0 Å². The fraction of sp³-hybridized carbons (Fsp3) is 0.737. The number of nitrogens with one attached hydrogen (secondary N) is 1. The first-order chi connectivity index (χ1) is 12.0. The number of amides is 1. The Morgan fingerprint density at radius 2 is 2.00 bits per heavy atom. The topological polar surface area (TPSA) is 35.6 Å². The van der Waals surface area contributed by atoms with Gasteiger partial charge in [0.25, 0.3) is 0 Å². The Morgan fingerprint density at radius 3 is 2.64 bits per heavy atom. The Hall–Kier alpha value is -0.620. The van der Waals surface area contributed by atoms with E-state index in [2.05, 4.69) is 35.0 Å². The number of hydrogen-bond acceptors (Lipinski definition) is 4. The molecule has 0 aromatic carbocycles. The number of carbonyl (C=O) groups excluding carboxylic acids is 1. The van der Waals surface area contributed by atoms with Gasteiger partial charge in [-0.25, -0.2) is 0 Å². The number of thiophene rings is 1. The van der Waals surface area contributed by atoms with Crippen molar-refractivity contribution < 1.29 is 4.79 Å². The third-order valence-corrected chi connectivity index (χ3v) is 7.00. The first-order valence-electron chi connectivity index (χ1n) is 9.54. The third-order valence-electron chi connectivity index (χ3n) is 5.78. The van der Waals surface area contributed by atoms with Gasteiger partial charge in [-0.2, -0.15) is 0 Å². The number of nitrogens with zero attached hydrogens (tertiary/aromatic N) is 2. The van der Waals surface area contributed by atoms with Crippen LogP contribution >= 0.6 is 22.9 Å². The van der Waals surface area contributed by atoms with Gasteiger partial charge >= 0.3 is 0 Å². The normalized spacial score (nSPS) is 27.2. The van der Waals surface area contributed by atoms with Crippen LogP contribution in [0.2, 0.25) is 4.34 Å². The van der Waals surface area contributed by atoms with Crippen molar-refractivity contribution in [2.45, 2.75) is 58.2 Å². The summed E-state index contributed by atoms with van der Waals surface area (Å²) in [6.45, 7) is 9.20. The van der Waals surface area contributed by atoms with Gasteiger partial charge in [-0.3, -0.25) is 14.6 Å². The zero-order chi connectivity index (χ0) is 17.8. The van der Waals surface area contributed by atoms with E-state index in [4.69, 9.17) is 11.6 Å². The Balaban J connectivity index is 1.44. The second-order valence-electron chi connectivity index (χ2n) is 7.57. The summed E-state index contributed by atoms with van der Waals surface area (Å²) in [4.78, 5) is 18.7. The number of piperazine rings is 1. The molecule has 4 nitrogen and oxygen atoms in total. The first kappa shape index (κ1) is 19.2. The Kier molecular flexibility index (Phi) is 6.78. The van der Waals surface area contributed by atoms with Gasteiger partial charge in [0.1, 0.15) is 0 Å². The van der Waals surface area contributed by atoms with Crippen LogP contribution in [0.4, 0.5) is 0 Å². The van der Waals surface area contributed by atoms with E-state index in [9.17, 15) is 4.79 Å². The van der Waals surface area contributed by atoms with E-state index < -0.39 is 0 Å². The summed E-state index contributed by atoms with van der Waals surface area (Å²) in [7, 11) is 0. The molecule has 0 radical (unpaired) electrons. The lowest BCUT2D eigenvalue weighted by Crippen LogP contribution is -2.55. The molecule has 6 heteroatoms. The van der Waals surface area contributed by atoms with Gasteiger partial charge in [-0.05, 0) is 37.8 Å². The standard InChI is InChI=1S/C19H30ClN3OS/c1-14-5-3-4-6-17(14)21-19(24)15(2)23-11-9-22(10-12-23)13-16-7-8-18(20)25-16/h7-8,14-15,17H,3-6,9-13H2,1-2H3,(H,21,24). The van der Waals surface area contributed by atoms with Gasteiger partial charge < -0.3 is 5.32 Å². The summed E-state index contributed by atoms with van der Waals surface area (Å²) in [6.07, 6.45) is 4.93. The highest BCUT2D eigenvalue weighted by molar-refractivity contribution is 7.16. The highest BCUT2D eigenvalue weighted by Crippen LogP contribution is 2.25. The van der Waals surface area contributed by atoms with Gasteiger partial charge in [0.05, 0.1) is 10.4 Å². The minimum absolute atomic E-state index is 0.0348. The molecule has 1 N–H and O–H groups in total. The number of hydrogen-bond donors (Lipinski definition) is 1. The minimum Gasteiger partial charge on any atom is -0.352 e. The average molecular weight is 384 g/mol. The van der Waals surface area contributed by atoms with E-state index in [1.807, 2.05) is 6.07 Å². The van der Waals surface area contributed by atoms with E-state index in [0.29, 0.717) is 12.0 Å². The molecule has 2 aliphatic rings. The lowest BCUT2D eigenvalue weighted by atomic mass is 9.86. The van der Waals surface area contributed by atoms with Gasteiger partial charge in [0, 0.05) is 43.6 Å². The maximum Gasteiger partial charge on any atom is 0.237 e. The molecular formula is C19H30ClN3OS. The summed E-state index contributed by atoms with van der Waals surface area (Å²) < 4.78 is 0.857. The SMILES string of the molecule is CC1CCCCC1NC(=O)C(C)N1CCN(Cc2ccc(Cl)s2)CC1. The van der Waals surface area contributed by atoms with E-state index in [0.717, 1.165) is 43.5 Å². The van der Waals surface area contributed by atoms with Crippen LogP contribution in [0.15, 0.2) is 12.1 Å². The largest absolute Gasteiger partial charge is 0.352 e. The van der Waals surface area contributed by atoms with Crippen LogP contribution in [0.1, 0.15) is 44.4 Å². The molecule has 2 fully saturated rings. The monoisotopic (exact) mass is 383 g/mol. The van der Waals surface area contributed by atoms with Crippen LogP contribution in [0.25, 0.3) is 0 Å². The van der Waals surface area contributed by atoms with Crippen molar-refractivity contribution in [3.05, 3.63) is 21.3 Å². The predicted octanol–water partition coefficient (Wildman–Crippen LogP) is 3.60. The number of halogens is 1. The third kappa shape index (κ3) is 5.19. The molecule has 0 bridgehead atoms. The zero-order valence-corrected chi connectivity index (χ0v) is 16.9. The molecule has 1 aliphatic heterocycles. The minimum atomic E-state index is -0.0348. The highest BCUT2D eigenvalue weighted by Gasteiger charge is 2.29. The van der Waals surface area contributed by atoms with Crippen molar-refractivity contribution in [2.75, 3.05) is 26.2 Å². The molecular weight excluding hydrogens is 354 g/mol. The zero-order valence-electron chi connectivity index (χ0n) is 15.3. The van der Waals surface area contributed by atoms with Gasteiger partial charge in [-0.15, -0.1) is 11.3 Å². The molecule has 1 saturated carbocycles. The first-order valence-corrected chi connectivity index (χ1v) is 10.7. The van der Waals surface area contributed by atoms with Crippen LogP contribution in [0.5, 0.6) is 0 Å². The molecule has 3 rings (SSSR count). The fourth-order valence-corrected chi connectivity index (χ4v) is 5.10. The van der Waals surface area contributed by atoms with E-state index in [1.54, 1.807) is 11.3 Å². The molecule has 2 heterocycles. The molecule has 1 amide bonds. The van der Waals surface area contributed by atoms with Crippen molar-refractivity contribution in [1.82, 2.24) is 15.1 Å². The lowest BCUT2D eigenvalue weighted by Gasteiger charge is -2.38. The molecule has 1 aromatic heterocycles. The van der Waals surface area contributed by atoms with Crippen molar-refractivity contribution >= 4 is 28.8 Å². The fourth-order valence-electron chi connectivity index (χ4n) is 3.97. The molecule has 1 aliphatic carbocycles. The molecule has 1 aromatic rings.